The van der Waals surface area contributed by atoms with Crippen LogP contribution in [0.15, 0.2) is 4.99 Å². The molecule has 1 aliphatic rings. The summed E-state index contributed by atoms with van der Waals surface area (Å²) >= 11 is 0. The molecule has 0 aromatic carbocycles. The molecule has 70 valence electrons. The molecule has 0 aromatic heterocycles. The van der Waals surface area contributed by atoms with Gasteiger partial charge in [0.1, 0.15) is 11.7 Å². The Hall–Kier alpha value is -0.610. The lowest BCUT2D eigenvalue weighted by atomic mass is 10.0. The number of rotatable bonds is 0. The molecule has 0 aliphatic carbocycles. The minimum Gasteiger partial charge on any atom is -0.388 e. The Balaban J connectivity index is 2.67. The summed E-state index contributed by atoms with van der Waals surface area (Å²) in [4.78, 5) is 5.87. The maximum Gasteiger partial charge on any atom is 0.107 e. The molecule has 0 saturated carbocycles. The Bertz CT molecular complexity index is 201. The minimum absolute atomic E-state index is 0.456. The molecule has 1 heterocycles. The molecule has 1 aliphatic heterocycles. The van der Waals surface area contributed by atoms with E-state index in [1.165, 1.54) is 0 Å². The molecule has 1 fully saturated rings. The average Bonchev–Trinajstić information content (AvgIpc) is 2.25. The normalized spacial score (nSPS) is 37.6. The van der Waals surface area contributed by atoms with Crippen LogP contribution in [-0.2, 0) is 0 Å². The summed E-state index contributed by atoms with van der Waals surface area (Å²) in [6.07, 6.45) is -0.672. The first kappa shape index (κ1) is 9.48. The number of amidine groups is 1. The first-order chi connectivity index (χ1) is 5.47. The summed E-state index contributed by atoms with van der Waals surface area (Å²) in [5.41, 5.74) is -0.994. The van der Waals surface area contributed by atoms with Gasteiger partial charge in [0, 0.05) is 13.6 Å². The molecule has 2 atom stereocenters. The van der Waals surface area contributed by atoms with Crippen molar-refractivity contribution in [2.45, 2.75) is 25.6 Å². The van der Waals surface area contributed by atoms with Crippen molar-refractivity contribution < 1.29 is 10.2 Å². The highest BCUT2D eigenvalue weighted by Crippen LogP contribution is 2.21. The molecule has 0 radical (unpaired) electrons. The Morgan fingerprint density at radius 3 is 2.58 bits per heavy atom. The van der Waals surface area contributed by atoms with Crippen molar-refractivity contribution in [2.75, 3.05) is 20.1 Å². The maximum absolute atomic E-state index is 9.63. The average molecular weight is 172 g/mol. The number of hydrogen-bond acceptors (Lipinski definition) is 3. The SMILES string of the molecule is C/N=C(\C)N1C[C@H](O)[C@](C)(O)C1. The first-order valence-corrected chi connectivity index (χ1v) is 4.06. The van der Waals surface area contributed by atoms with Crippen LogP contribution in [-0.4, -0.2) is 52.8 Å². The summed E-state index contributed by atoms with van der Waals surface area (Å²) in [7, 11) is 1.70. The molecular weight excluding hydrogens is 156 g/mol. The van der Waals surface area contributed by atoms with Crippen molar-refractivity contribution in [1.82, 2.24) is 4.90 Å². The Morgan fingerprint density at radius 1 is 1.67 bits per heavy atom. The lowest BCUT2D eigenvalue weighted by Crippen LogP contribution is -2.38. The van der Waals surface area contributed by atoms with E-state index in [2.05, 4.69) is 4.99 Å². The first-order valence-electron chi connectivity index (χ1n) is 4.06. The van der Waals surface area contributed by atoms with Crippen molar-refractivity contribution in [3.8, 4) is 0 Å². The van der Waals surface area contributed by atoms with Crippen LogP contribution >= 0.6 is 0 Å². The molecule has 2 N–H and O–H groups in total. The molecule has 0 bridgehead atoms. The van der Waals surface area contributed by atoms with Gasteiger partial charge in [0.05, 0.1) is 12.4 Å². The fourth-order valence-corrected chi connectivity index (χ4v) is 1.35. The summed E-state index contributed by atoms with van der Waals surface area (Å²) in [5.74, 6) is 0.854. The van der Waals surface area contributed by atoms with Crippen molar-refractivity contribution >= 4 is 5.84 Å². The molecule has 0 unspecified atom stereocenters. The van der Waals surface area contributed by atoms with Crippen LogP contribution in [0.2, 0.25) is 0 Å². The van der Waals surface area contributed by atoms with Crippen LogP contribution in [0.1, 0.15) is 13.8 Å². The van der Waals surface area contributed by atoms with E-state index in [4.69, 9.17) is 0 Å². The lowest BCUT2D eigenvalue weighted by molar-refractivity contribution is -0.0251. The van der Waals surface area contributed by atoms with E-state index >= 15 is 0 Å². The molecular formula is C8H16N2O2. The number of β-amino-alcohol motifs (C(OH)–C–C–N with tert-alkyl or cyclic N) is 2. The number of aliphatic hydroxyl groups is 2. The molecule has 0 aromatic rings. The van der Waals surface area contributed by atoms with Crippen LogP contribution in [0.25, 0.3) is 0 Å². The van der Waals surface area contributed by atoms with Crippen LogP contribution in [0.5, 0.6) is 0 Å². The lowest BCUT2D eigenvalue weighted by Gasteiger charge is -2.20. The summed E-state index contributed by atoms with van der Waals surface area (Å²) < 4.78 is 0. The van der Waals surface area contributed by atoms with Crippen molar-refractivity contribution in [3.05, 3.63) is 0 Å². The van der Waals surface area contributed by atoms with Gasteiger partial charge in [0.2, 0.25) is 0 Å². The maximum atomic E-state index is 9.63. The largest absolute Gasteiger partial charge is 0.388 e. The van der Waals surface area contributed by atoms with E-state index in [9.17, 15) is 10.2 Å². The third-order valence-corrected chi connectivity index (χ3v) is 2.40. The van der Waals surface area contributed by atoms with Crippen molar-refractivity contribution in [1.29, 1.82) is 0 Å². The highest BCUT2D eigenvalue weighted by atomic mass is 16.3. The summed E-state index contributed by atoms with van der Waals surface area (Å²) in [5, 5.41) is 19.1. The fourth-order valence-electron chi connectivity index (χ4n) is 1.35. The van der Waals surface area contributed by atoms with Gasteiger partial charge in [-0.1, -0.05) is 0 Å². The standard InChI is InChI=1S/C8H16N2O2/c1-6(9-3)10-4-7(11)8(2,12)5-10/h7,11-12H,4-5H2,1-3H3/b9-6+/t7-,8+/m0/s1. The Morgan fingerprint density at radius 2 is 2.25 bits per heavy atom. The highest BCUT2D eigenvalue weighted by molar-refractivity contribution is 5.80. The molecule has 12 heavy (non-hydrogen) atoms. The van der Waals surface area contributed by atoms with E-state index in [0.29, 0.717) is 13.1 Å². The number of nitrogens with zero attached hydrogens (tertiary/aromatic N) is 2. The van der Waals surface area contributed by atoms with Gasteiger partial charge in [-0.3, -0.25) is 4.99 Å². The zero-order valence-corrected chi connectivity index (χ0v) is 7.78. The molecule has 0 amide bonds. The predicted molar refractivity (Wildman–Crippen MR) is 47.2 cm³/mol. The smallest absolute Gasteiger partial charge is 0.107 e. The van der Waals surface area contributed by atoms with Gasteiger partial charge in [0.15, 0.2) is 0 Å². The van der Waals surface area contributed by atoms with Crippen LogP contribution < -0.4 is 0 Å². The second-order valence-electron chi connectivity index (χ2n) is 3.52. The van der Waals surface area contributed by atoms with Gasteiger partial charge >= 0.3 is 0 Å². The van der Waals surface area contributed by atoms with Gasteiger partial charge in [-0.2, -0.15) is 0 Å². The van der Waals surface area contributed by atoms with Gasteiger partial charge in [-0.15, -0.1) is 0 Å². The number of hydrogen-bond donors (Lipinski definition) is 2. The summed E-state index contributed by atoms with van der Waals surface area (Å²) in [6.45, 7) is 4.43. The van der Waals surface area contributed by atoms with E-state index < -0.39 is 11.7 Å². The number of aliphatic imine (C=N–C) groups is 1. The van der Waals surface area contributed by atoms with E-state index in [1.807, 2.05) is 11.8 Å². The third kappa shape index (κ3) is 1.59. The Labute approximate surface area is 72.5 Å². The zero-order chi connectivity index (χ0) is 9.35. The molecule has 4 nitrogen and oxygen atoms in total. The van der Waals surface area contributed by atoms with Gasteiger partial charge in [-0.25, -0.2) is 0 Å². The van der Waals surface area contributed by atoms with Crippen LogP contribution in [0, 0.1) is 0 Å². The van der Waals surface area contributed by atoms with E-state index in [-0.39, 0.29) is 0 Å². The molecule has 0 spiro atoms. The fraction of sp³-hybridized carbons (Fsp3) is 0.875. The van der Waals surface area contributed by atoms with E-state index in [0.717, 1.165) is 5.84 Å². The second-order valence-corrected chi connectivity index (χ2v) is 3.52. The third-order valence-electron chi connectivity index (χ3n) is 2.40. The topological polar surface area (TPSA) is 56.1 Å². The quantitative estimate of drug-likeness (QED) is 0.381. The van der Waals surface area contributed by atoms with Gasteiger partial charge in [0.25, 0.3) is 0 Å². The van der Waals surface area contributed by atoms with Gasteiger partial charge < -0.3 is 15.1 Å². The highest BCUT2D eigenvalue weighted by Gasteiger charge is 2.40. The zero-order valence-electron chi connectivity index (χ0n) is 7.78. The monoisotopic (exact) mass is 172 g/mol. The molecule has 4 heteroatoms. The van der Waals surface area contributed by atoms with Crippen molar-refractivity contribution in [3.63, 3.8) is 0 Å². The minimum atomic E-state index is -0.994. The van der Waals surface area contributed by atoms with E-state index in [1.54, 1.807) is 14.0 Å². The van der Waals surface area contributed by atoms with Crippen molar-refractivity contribution in [2.24, 2.45) is 4.99 Å². The Kier molecular flexibility index (Phi) is 2.39. The van der Waals surface area contributed by atoms with Crippen LogP contribution in [0.4, 0.5) is 0 Å². The second kappa shape index (κ2) is 3.03. The molecule has 1 saturated heterocycles. The number of likely N-dealkylation sites (tertiary alicyclic amines) is 1. The molecule has 1 rings (SSSR count). The van der Waals surface area contributed by atoms with Crippen LogP contribution in [0.3, 0.4) is 0 Å². The predicted octanol–water partition coefficient (Wildman–Crippen LogP) is -0.538. The summed E-state index contributed by atoms with van der Waals surface area (Å²) in [6, 6.07) is 0. The number of aliphatic hydroxyl groups excluding tert-OH is 1. The van der Waals surface area contributed by atoms with Gasteiger partial charge in [-0.05, 0) is 13.8 Å².